The number of rotatable bonds is 11. The topological polar surface area (TPSA) is 107 Å². The normalized spacial score (nSPS) is 11.6. The lowest BCUT2D eigenvalue weighted by Gasteiger charge is -2.18. The second-order valence-electron chi connectivity index (χ2n) is 8.73. The zero-order valence-electron chi connectivity index (χ0n) is 21.9. The molecular formula is C29H29N3O5S2. The van der Waals surface area contributed by atoms with E-state index in [-0.39, 0.29) is 0 Å². The molecule has 0 saturated carbocycles. The Balaban J connectivity index is 1.33. The fraction of sp³-hybridized carbons (Fsp3) is 0.241. The number of nitrogens with zero attached hydrogens (tertiary/aromatic N) is 1. The molecule has 0 radical (unpaired) electrons. The summed E-state index contributed by atoms with van der Waals surface area (Å²) in [4.78, 5) is 42.7. The lowest BCUT2D eigenvalue weighted by Crippen LogP contribution is -2.43. The highest BCUT2D eigenvalue weighted by molar-refractivity contribution is 7.98. The number of nitrogens with one attached hydrogen (secondary N) is 2. The lowest BCUT2D eigenvalue weighted by molar-refractivity contribution is -0.149. The number of aromatic nitrogens is 1. The van der Waals surface area contributed by atoms with Gasteiger partial charge in [0.15, 0.2) is 6.61 Å². The largest absolute Gasteiger partial charge is 0.496 e. The standard InChI is InChI=1S/C29H29N3O5S2/c1-18-8-13-22-25(16-18)39-28(32-22)19-9-11-20(12-10-19)30-26(33)17-37-29(35)23(14-15-38-3)31-27(34)21-6-4-5-7-24(21)36-2/h4-13,16,23H,14-15,17H2,1-3H3,(H,30,33)(H,31,34)/t23-/m1/s1. The summed E-state index contributed by atoms with van der Waals surface area (Å²) in [6.07, 6.45) is 2.26. The van der Waals surface area contributed by atoms with Crippen molar-refractivity contribution in [3.8, 4) is 16.3 Å². The summed E-state index contributed by atoms with van der Waals surface area (Å²) in [5.74, 6) is -0.590. The quantitative estimate of drug-likeness (QED) is 0.238. The number of anilines is 1. The van der Waals surface area contributed by atoms with Gasteiger partial charge in [0.25, 0.3) is 11.8 Å². The third-order valence-corrected chi connectivity index (χ3v) is 7.57. The van der Waals surface area contributed by atoms with Gasteiger partial charge in [0.1, 0.15) is 16.8 Å². The molecule has 0 aliphatic rings. The molecule has 0 spiro atoms. The van der Waals surface area contributed by atoms with Crippen LogP contribution in [0.15, 0.2) is 66.7 Å². The Morgan fingerprint density at radius 2 is 1.82 bits per heavy atom. The Kier molecular flexibility index (Phi) is 9.56. The van der Waals surface area contributed by atoms with Gasteiger partial charge in [-0.2, -0.15) is 11.8 Å². The summed E-state index contributed by atoms with van der Waals surface area (Å²) in [6.45, 7) is 1.58. The van der Waals surface area contributed by atoms with E-state index < -0.39 is 30.4 Å². The van der Waals surface area contributed by atoms with Crippen molar-refractivity contribution < 1.29 is 23.9 Å². The Morgan fingerprint density at radius 1 is 1.05 bits per heavy atom. The van der Waals surface area contributed by atoms with Crippen LogP contribution in [0.2, 0.25) is 0 Å². The van der Waals surface area contributed by atoms with E-state index in [1.54, 1.807) is 47.7 Å². The van der Waals surface area contributed by atoms with Crippen LogP contribution in [0.1, 0.15) is 22.3 Å². The van der Waals surface area contributed by atoms with Crippen molar-refractivity contribution in [3.63, 3.8) is 0 Å². The van der Waals surface area contributed by atoms with E-state index in [4.69, 9.17) is 9.47 Å². The summed E-state index contributed by atoms with van der Waals surface area (Å²) in [7, 11) is 1.47. The molecule has 1 heterocycles. The van der Waals surface area contributed by atoms with Gasteiger partial charge in [-0.15, -0.1) is 11.3 Å². The third-order valence-electron chi connectivity index (χ3n) is 5.86. The van der Waals surface area contributed by atoms with Crippen molar-refractivity contribution in [3.05, 3.63) is 77.9 Å². The van der Waals surface area contributed by atoms with Gasteiger partial charge in [-0.3, -0.25) is 9.59 Å². The maximum Gasteiger partial charge on any atom is 0.329 e. The second-order valence-corrected chi connectivity index (χ2v) is 10.7. The highest BCUT2D eigenvalue weighted by Gasteiger charge is 2.24. The zero-order chi connectivity index (χ0) is 27.8. The molecule has 10 heteroatoms. The molecule has 0 aliphatic heterocycles. The predicted molar refractivity (Wildman–Crippen MR) is 157 cm³/mol. The minimum atomic E-state index is -0.903. The minimum Gasteiger partial charge on any atom is -0.496 e. The van der Waals surface area contributed by atoms with Gasteiger partial charge in [-0.05, 0) is 79.4 Å². The minimum absolute atomic E-state index is 0.309. The number of benzene rings is 3. The van der Waals surface area contributed by atoms with Gasteiger partial charge in [0, 0.05) is 11.3 Å². The average Bonchev–Trinajstić information content (AvgIpc) is 3.37. The summed E-state index contributed by atoms with van der Waals surface area (Å²) in [5, 5.41) is 6.34. The van der Waals surface area contributed by atoms with Gasteiger partial charge < -0.3 is 20.1 Å². The first-order chi connectivity index (χ1) is 18.9. The molecule has 8 nitrogen and oxygen atoms in total. The number of ether oxygens (including phenoxy) is 2. The van der Waals surface area contributed by atoms with Crippen LogP contribution in [0.3, 0.4) is 0 Å². The van der Waals surface area contributed by atoms with Crippen LogP contribution in [-0.2, 0) is 14.3 Å². The number of carbonyl (C=O) groups is 3. The van der Waals surface area contributed by atoms with Crippen LogP contribution >= 0.6 is 23.1 Å². The second kappa shape index (κ2) is 13.3. The Labute approximate surface area is 235 Å². The molecule has 3 aromatic carbocycles. The molecule has 0 bridgehead atoms. The number of thioether (sulfide) groups is 1. The van der Waals surface area contributed by atoms with Gasteiger partial charge in [-0.25, -0.2) is 9.78 Å². The van der Waals surface area contributed by atoms with Crippen molar-refractivity contribution in [1.29, 1.82) is 0 Å². The monoisotopic (exact) mass is 563 g/mol. The van der Waals surface area contributed by atoms with Crippen LogP contribution in [0, 0.1) is 6.92 Å². The number of hydrogen-bond acceptors (Lipinski definition) is 8. The number of hydrogen-bond donors (Lipinski definition) is 2. The molecule has 4 rings (SSSR count). The van der Waals surface area contributed by atoms with E-state index in [2.05, 4.69) is 28.6 Å². The maximum absolute atomic E-state index is 12.8. The molecule has 2 amide bonds. The molecular weight excluding hydrogens is 534 g/mol. The highest BCUT2D eigenvalue weighted by atomic mass is 32.2. The van der Waals surface area contributed by atoms with Crippen LogP contribution in [-0.4, -0.2) is 54.5 Å². The molecule has 202 valence electrons. The molecule has 1 atom stereocenters. The van der Waals surface area contributed by atoms with E-state index >= 15 is 0 Å². The molecule has 0 aliphatic carbocycles. The molecule has 2 N–H and O–H groups in total. The highest BCUT2D eigenvalue weighted by Crippen LogP contribution is 2.31. The number of para-hydroxylation sites is 1. The number of carbonyl (C=O) groups excluding carboxylic acids is 3. The first-order valence-electron chi connectivity index (χ1n) is 12.2. The van der Waals surface area contributed by atoms with Gasteiger partial charge in [0.2, 0.25) is 0 Å². The van der Waals surface area contributed by atoms with Crippen molar-refractivity contribution in [2.24, 2.45) is 0 Å². The molecule has 4 aromatic rings. The van der Waals surface area contributed by atoms with E-state index in [0.29, 0.717) is 29.2 Å². The molecule has 0 fully saturated rings. The van der Waals surface area contributed by atoms with E-state index in [9.17, 15) is 14.4 Å². The van der Waals surface area contributed by atoms with Crippen molar-refractivity contribution in [2.45, 2.75) is 19.4 Å². The predicted octanol–water partition coefficient (Wildman–Crippen LogP) is 5.31. The zero-order valence-corrected chi connectivity index (χ0v) is 23.5. The first kappa shape index (κ1) is 28.1. The summed E-state index contributed by atoms with van der Waals surface area (Å²) >= 11 is 3.15. The number of esters is 1. The average molecular weight is 564 g/mol. The van der Waals surface area contributed by atoms with E-state index in [1.165, 1.54) is 24.4 Å². The number of fused-ring (bicyclic) bond motifs is 1. The van der Waals surface area contributed by atoms with Crippen molar-refractivity contribution in [2.75, 3.05) is 31.0 Å². The van der Waals surface area contributed by atoms with Gasteiger partial charge in [-0.1, -0.05) is 18.2 Å². The Morgan fingerprint density at radius 3 is 2.56 bits per heavy atom. The fourth-order valence-corrected chi connectivity index (χ4v) is 5.38. The van der Waals surface area contributed by atoms with Crippen LogP contribution in [0.5, 0.6) is 5.75 Å². The van der Waals surface area contributed by atoms with Gasteiger partial charge >= 0.3 is 5.97 Å². The third kappa shape index (κ3) is 7.36. The Bertz CT molecular complexity index is 1470. The van der Waals surface area contributed by atoms with E-state index in [0.717, 1.165) is 20.8 Å². The van der Waals surface area contributed by atoms with E-state index in [1.807, 2.05) is 30.5 Å². The van der Waals surface area contributed by atoms with Crippen LogP contribution in [0.4, 0.5) is 5.69 Å². The first-order valence-corrected chi connectivity index (χ1v) is 14.5. The number of thiazole rings is 1. The number of aryl methyl sites for hydroxylation is 1. The van der Waals surface area contributed by atoms with Crippen molar-refractivity contribution >= 4 is 56.8 Å². The summed E-state index contributed by atoms with van der Waals surface area (Å²) in [5.41, 5.74) is 3.96. The van der Waals surface area contributed by atoms with Gasteiger partial charge in [0.05, 0.1) is 22.9 Å². The smallest absolute Gasteiger partial charge is 0.329 e. The molecule has 39 heavy (non-hydrogen) atoms. The lowest BCUT2D eigenvalue weighted by atomic mass is 10.1. The molecule has 0 saturated heterocycles. The number of amides is 2. The number of methoxy groups -OCH3 is 1. The van der Waals surface area contributed by atoms with Crippen molar-refractivity contribution in [1.82, 2.24) is 10.3 Å². The fourth-order valence-electron chi connectivity index (χ4n) is 3.84. The SMILES string of the molecule is COc1ccccc1C(=O)N[C@H](CCSC)C(=O)OCC(=O)Nc1ccc(-c2nc3ccc(C)cc3s2)cc1. The Hall–Kier alpha value is -3.89. The summed E-state index contributed by atoms with van der Waals surface area (Å²) in [6, 6.07) is 19.3. The summed E-state index contributed by atoms with van der Waals surface area (Å²) < 4.78 is 11.6. The molecule has 0 unspecified atom stereocenters. The van der Waals surface area contributed by atoms with Crippen LogP contribution < -0.4 is 15.4 Å². The maximum atomic E-state index is 12.8. The van der Waals surface area contributed by atoms with Crippen LogP contribution in [0.25, 0.3) is 20.8 Å². The molecule has 1 aromatic heterocycles.